The van der Waals surface area contributed by atoms with Crippen molar-refractivity contribution in [3.63, 3.8) is 0 Å². The summed E-state index contributed by atoms with van der Waals surface area (Å²) in [5, 5.41) is 3.73. The quantitative estimate of drug-likeness (QED) is 0.848. The smallest absolute Gasteiger partial charge is 0.407 e. The van der Waals surface area contributed by atoms with Crippen LogP contribution in [0.3, 0.4) is 0 Å². The van der Waals surface area contributed by atoms with E-state index in [1.165, 1.54) is 0 Å². The molecule has 2 aromatic rings. The van der Waals surface area contributed by atoms with Crippen molar-refractivity contribution in [2.24, 2.45) is 5.73 Å². The van der Waals surface area contributed by atoms with Crippen molar-refractivity contribution >= 4 is 28.6 Å². The van der Waals surface area contributed by atoms with Gasteiger partial charge in [0, 0.05) is 23.8 Å². The van der Waals surface area contributed by atoms with E-state index in [2.05, 4.69) is 15.2 Å². The molecular weight excluding hydrogens is 348 g/mol. The van der Waals surface area contributed by atoms with E-state index in [9.17, 15) is 9.59 Å². The second-order valence-electron chi connectivity index (χ2n) is 7.33. The lowest BCUT2D eigenvalue weighted by molar-refractivity contribution is 0.0972. The van der Waals surface area contributed by atoms with Gasteiger partial charge in [0.05, 0.1) is 29.8 Å². The Bertz CT molecular complexity index is 927. The minimum atomic E-state index is -0.523. The number of alkyl carbamates (subject to hydrolysis) is 1. The number of nitrogens with zero attached hydrogens (tertiary/aromatic N) is 2. The number of anilines is 1. The third kappa shape index (κ3) is 2.72. The molecule has 8 nitrogen and oxygen atoms in total. The van der Waals surface area contributed by atoms with Crippen molar-refractivity contribution in [1.29, 1.82) is 0 Å². The van der Waals surface area contributed by atoms with Gasteiger partial charge in [-0.2, -0.15) is 0 Å². The molecule has 0 bridgehead atoms. The average Bonchev–Trinajstić information content (AvgIpc) is 3.14. The molecule has 2 amide bonds. The predicted molar refractivity (Wildman–Crippen MR) is 97.9 cm³/mol. The number of benzene rings is 1. The summed E-state index contributed by atoms with van der Waals surface area (Å²) in [4.78, 5) is 29.8. The number of aromatic nitrogens is 1. The van der Waals surface area contributed by atoms with Crippen LogP contribution in [0.15, 0.2) is 24.4 Å². The van der Waals surface area contributed by atoms with Crippen molar-refractivity contribution in [1.82, 2.24) is 10.3 Å². The number of ether oxygens (including phenoxy) is 2. The van der Waals surface area contributed by atoms with Crippen LogP contribution < -0.4 is 20.7 Å². The number of hydrogen-bond acceptors (Lipinski definition) is 6. The number of pyridine rings is 1. The van der Waals surface area contributed by atoms with Crippen molar-refractivity contribution in [3.05, 3.63) is 30.0 Å². The summed E-state index contributed by atoms with van der Waals surface area (Å²) in [6.07, 6.45) is 4.45. The molecule has 3 heterocycles. The molecule has 2 aliphatic heterocycles. The van der Waals surface area contributed by atoms with Gasteiger partial charge in [-0.3, -0.25) is 9.78 Å². The van der Waals surface area contributed by atoms with Gasteiger partial charge in [0.2, 0.25) is 0 Å². The first kappa shape index (κ1) is 16.2. The van der Waals surface area contributed by atoms with Crippen LogP contribution in [0.1, 0.15) is 29.6 Å². The van der Waals surface area contributed by atoms with Crippen molar-refractivity contribution in [3.8, 4) is 5.75 Å². The number of nitrogens with two attached hydrogens (primary N) is 1. The zero-order valence-corrected chi connectivity index (χ0v) is 14.7. The monoisotopic (exact) mass is 368 g/mol. The minimum absolute atomic E-state index is 0.0173. The maximum atomic E-state index is 11.9. The Morgan fingerprint density at radius 2 is 2.19 bits per heavy atom. The van der Waals surface area contributed by atoms with E-state index < -0.39 is 5.91 Å². The van der Waals surface area contributed by atoms with E-state index in [1.54, 1.807) is 12.3 Å². The third-order valence-electron chi connectivity index (χ3n) is 5.60. The molecule has 27 heavy (non-hydrogen) atoms. The maximum absolute atomic E-state index is 11.9. The lowest BCUT2D eigenvalue weighted by atomic mass is 9.96. The summed E-state index contributed by atoms with van der Waals surface area (Å²) in [7, 11) is 0. The number of fused-ring (bicyclic) bond motifs is 2. The predicted octanol–water partition coefficient (Wildman–Crippen LogP) is 1.56. The molecule has 1 aliphatic carbocycles. The lowest BCUT2D eigenvalue weighted by Crippen LogP contribution is -2.32. The number of carbonyl (C=O) groups is 2. The fourth-order valence-corrected chi connectivity index (χ4v) is 3.94. The van der Waals surface area contributed by atoms with E-state index in [0.29, 0.717) is 29.9 Å². The summed E-state index contributed by atoms with van der Waals surface area (Å²) in [6, 6.07) is 5.48. The van der Waals surface area contributed by atoms with Crippen molar-refractivity contribution in [2.75, 3.05) is 18.0 Å². The van der Waals surface area contributed by atoms with E-state index in [-0.39, 0.29) is 24.3 Å². The molecule has 0 radical (unpaired) electrons. The highest BCUT2D eigenvalue weighted by Gasteiger charge is 2.42. The fraction of sp³-hybridized carbons (Fsp3) is 0.421. The lowest BCUT2D eigenvalue weighted by Gasteiger charge is -2.28. The molecule has 3 fully saturated rings. The van der Waals surface area contributed by atoms with Crippen molar-refractivity contribution in [2.45, 2.75) is 37.5 Å². The largest absolute Gasteiger partial charge is 0.490 e. The van der Waals surface area contributed by atoms with Gasteiger partial charge in [0.25, 0.3) is 5.91 Å². The Balaban J connectivity index is 1.54. The van der Waals surface area contributed by atoms with Crippen LogP contribution in [-0.4, -0.2) is 48.3 Å². The molecule has 1 aromatic heterocycles. The molecule has 0 unspecified atom stereocenters. The molecule has 2 atom stereocenters. The topological polar surface area (TPSA) is 107 Å². The highest BCUT2D eigenvalue weighted by molar-refractivity contribution is 6.02. The van der Waals surface area contributed by atoms with Crippen LogP contribution in [0.4, 0.5) is 10.5 Å². The van der Waals surface area contributed by atoms with Gasteiger partial charge in [0.1, 0.15) is 11.9 Å². The van der Waals surface area contributed by atoms with Crippen LogP contribution in [0, 0.1) is 0 Å². The van der Waals surface area contributed by atoms with Crippen molar-refractivity contribution < 1.29 is 19.1 Å². The Labute approximate surface area is 155 Å². The number of primary amides is 1. The molecule has 8 heteroatoms. The van der Waals surface area contributed by atoms with Gasteiger partial charge >= 0.3 is 6.09 Å². The molecule has 5 rings (SSSR count). The maximum Gasteiger partial charge on any atom is 0.407 e. The van der Waals surface area contributed by atoms with Crippen LogP contribution >= 0.6 is 0 Å². The Hall–Kier alpha value is -3.03. The normalized spacial score (nSPS) is 24.3. The Morgan fingerprint density at radius 1 is 1.33 bits per heavy atom. The van der Waals surface area contributed by atoms with E-state index in [4.69, 9.17) is 15.2 Å². The van der Waals surface area contributed by atoms with E-state index in [1.807, 2.05) is 12.1 Å². The standard InChI is InChI=1S/C19H20N4O4/c20-18(24)12-6-13-11(7-16(12)26-10-2-1-3-10)15(4-5-21-13)23-8-14-17(9-23)27-19(25)22-14/h4-7,10,14,17H,1-3,8-9H2,(H2,20,24)(H,22,25)/t14-,17+/m0/s1. The van der Waals surface area contributed by atoms with Gasteiger partial charge in [-0.05, 0) is 37.5 Å². The molecule has 140 valence electrons. The zero-order valence-electron chi connectivity index (χ0n) is 14.7. The summed E-state index contributed by atoms with van der Waals surface area (Å²) >= 11 is 0. The summed E-state index contributed by atoms with van der Waals surface area (Å²) in [5.74, 6) is -0.0110. The molecule has 3 aliphatic rings. The van der Waals surface area contributed by atoms with E-state index in [0.717, 1.165) is 30.3 Å². The summed E-state index contributed by atoms with van der Waals surface area (Å²) in [6.45, 7) is 1.27. The van der Waals surface area contributed by atoms with Gasteiger partial charge < -0.3 is 25.4 Å². The minimum Gasteiger partial charge on any atom is -0.490 e. The van der Waals surface area contributed by atoms with Crippen LogP contribution in [-0.2, 0) is 4.74 Å². The zero-order chi connectivity index (χ0) is 18.5. The number of hydrogen-bond donors (Lipinski definition) is 2. The van der Waals surface area contributed by atoms with Gasteiger partial charge in [-0.1, -0.05) is 0 Å². The second kappa shape index (κ2) is 6.00. The van der Waals surface area contributed by atoms with Crippen LogP contribution in [0.25, 0.3) is 10.9 Å². The molecule has 3 N–H and O–H groups in total. The second-order valence-corrected chi connectivity index (χ2v) is 7.33. The first-order chi connectivity index (χ1) is 13.1. The highest BCUT2D eigenvalue weighted by atomic mass is 16.6. The summed E-state index contributed by atoms with van der Waals surface area (Å²) in [5.41, 5.74) is 7.58. The van der Waals surface area contributed by atoms with Gasteiger partial charge in [-0.25, -0.2) is 4.79 Å². The molecule has 0 spiro atoms. The molecule has 1 saturated carbocycles. The van der Waals surface area contributed by atoms with Crippen LogP contribution in [0.2, 0.25) is 0 Å². The Kier molecular flexibility index (Phi) is 3.60. The number of nitrogens with one attached hydrogen (secondary N) is 1. The van der Waals surface area contributed by atoms with Gasteiger partial charge in [-0.15, -0.1) is 0 Å². The molecule has 1 aromatic carbocycles. The summed E-state index contributed by atoms with van der Waals surface area (Å²) < 4.78 is 11.3. The Morgan fingerprint density at radius 3 is 2.89 bits per heavy atom. The molecular formula is C19H20N4O4. The molecule has 2 saturated heterocycles. The first-order valence-corrected chi connectivity index (χ1v) is 9.20. The highest BCUT2D eigenvalue weighted by Crippen LogP contribution is 2.36. The van der Waals surface area contributed by atoms with E-state index >= 15 is 0 Å². The number of carbonyl (C=O) groups excluding carboxylic acids is 2. The fourth-order valence-electron chi connectivity index (χ4n) is 3.94. The average molecular weight is 368 g/mol. The van der Waals surface area contributed by atoms with Gasteiger partial charge in [0.15, 0.2) is 0 Å². The first-order valence-electron chi connectivity index (χ1n) is 9.20. The SMILES string of the molecule is NC(=O)c1cc2nccc(N3C[C@@H]4NC(=O)O[C@@H]4C3)c2cc1OC1CCC1. The van der Waals surface area contributed by atoms with Crippen LogP contribution in [0.5, 0.6) is 5.75 Å². The third-order valence-corrected chi connectivity index (χ3v) is 5.60. The number of amides is 2. The number of rotatable bonds is 4.